The highest BCUT2D eigenvalue weighted by Gasteiger charge is 2.22. The summed E-state index contributed by atoms with van der Waals surface area (Å²) in [6.45, 7) is 0. The van der Waals surface area contributed by atoms with Crippen LogP contribution in [0.5, 0.6) is 0 Å². The van der Waals surface area contributed by atoms with Gasteiger partial charge in [0, 0.05) is 43.6 Å². The molecular formula is C63H38N4O2. The molecular weight excluding hydrogens is 845 g/mol. The summed E-state index contributed by atoms with van der Waals surface area (Å²) < 4.78 is 16.0. The van der Waals surface area contributed by atoms with Crippen LogP contribution in [0, 0.1) is 0 Å². The molecule has 69 heavy (non-hydrogen) atoms. The smallest absolute Gasteiger partial charge is 0.167 e. The number of fused-ring (bicyclic) bond motifs is 9. The van der Waals surface area contributed by atoms with Gasteiger partial charge in [0.15, 0.2) is 17.5 Å². The van der Waals surface area contributed by atoms with Gasteiger partial charge < -0.3 is 13.4 Å². The lowest BCUT2D eigenvalue weighted by Gasteiger charge is -2.10. The standard InChI is InChI=1S/C63H38N4O2/c1-4-15-39(16-5-1)41-29-31-43(32-30-41)62-64-61(42-19-8-3-9-20-42)65-63(66-62)50-25-13-23-48-52-38-45(34-36-56(52)68-60(48)50)46-22-12-24-49-58-55(27-14-28-57(58)69-59(46)49)67-53-26-11-10-21-47(53)51-37-44(33-35-54(51)67)40-17-6-2-7-18-40/h1-38H. The molecule has 0 radical (unpaired) electrons. The number of hydrogen-bond donors (Lipinski definition) is 0. The van der Waals surface area contributed by atoms with Crippen molar-refractivity contribution in [1.82, 2.24) is 19.5 Å². The van der Waals surface area contributed by atoms with Gasteiger partial charge in [0.25, 0.3) is 0 Å². The van der Waals surface area contributed by atoms with Gasteiger partial charge in [0.1, 0.15) is 22.3 Å². The Hall–Kier alpha value is -9.39. The molecule has 6 nitrogen and oxygen atoms in total. The fourth-order valence-electron chi connectivity index (χ4n) is 10.2. The number of para-hydroxylation sites is 3. The monoisotopic (exact) mass is 882 g/mol. The van der Waals surface area contributed by atoms with Crippen LogP contribution in [-0.4, -0.2) is 19.5 Å². The van der Waals surface area contributed by atoms with E-state index in [-0.39, 0.29) is 0 Å². The van der Waals surface area contributed by atoms with Crippen molar-refractivity contribution in [3.05, 3.63) is 231 Å². The molecule has 0 aliphatic heterocycles. The quantitative estimate of drug-likeness (QED) is 0.159. The second kappa shape index (κ2) is 15.6. The van der Waals surface area contributed by atoms with E-state index in [1.807, 2.05) is 42.5 Å². The average Bonchev–Trinajstić information content (AvgIpc) is 4.11. The normalized spacial score (nSPS) is 11.8. The number of hydrogen-bond acceptors (Lipinski definition) is 5. The van der Waals surface area contributed by atoms with Gasteiger partial charge in [-0.25, -0.2) is 15.0 Å². The van der Waals surface area contributed by atoms with Gasteiger partial charge in [-0.15, -0.1) is 0 Å². The van der Waals surface area contributed by atoms with Crippen LogP contribution in [0.15, 0.2) is 239 Å². The Morgan fingerprint density at radius 3 is 1.57 bits per heavy atom. The highest BCUT2D eigenvalue weighted by atomic mass is 16.3. The van der Waals surface area contributed by atoms with E-state index in [0.29, 0.717) is 23.1 Å². The molecule has 0 saturated heterocycles. The molecule has 0 saturated carbocycles. The Balaban J connectivity index is 0.891. The maximum Gasteiger partial charge on any atom is 0.167 e. The van der Waals surface area contributed by atoms with Crippen LogP contribution in [0.1, 0.15) is 0 Å². The lowest BCUT2D eigenvalue weighted by atomic mass is 9.99. The van der Waals surface area contributed by atoms with Crippen molar-refractivity contribution in [3.63, 3.8) is 0 Å². The van der Waals surface area contributed by atoms with Gasteiger partial charge >= 0.3 is 0 Å². The summed E-state index contributed by atoms with van der Waals surface area (Å²) in [5, 5.41) is 6.51. The van der Waals surface area contributed by atoms with Crippen LogP contribution in [0.3, 0.4) is 0 Å². The van der Waals surface area contributed by atoms with Crippen molar-refractivity contribution in [2.24, 2.45) is 0 Å². The summed E-state index contributed by atoms with van der Waals surface area (Å²) in [6, 6.07) is 80.3. The van der Waals surface area contributed by atoms with Crippen LogP contribution in [0.25, 0.3) is 139 Å². The lowest BCUT2D eigenvalue weighted by molar-refractivity contribution is 0.668. The van der Waals surface area contributed by atoms with Crippen molar-refractivity contribution in [3.8, 4) is 73.2 Å². The van der Waals surface area contributed by atoms with Crippen LogP contribution >= 0.6 is 0 Å². The third kappa shape index (κ3) is 6.38. The number of furan rings is 2. The zero-order valence-corrected chi connectivity index (χ0v) is 37.0. The molecule has 10 aromatic carbocycles. The molecule has 0 amide bonds. The van der Waals surface area contributed by atoms with Crippen molar-refractivity contribution in [1.29, 1.82) is 0 Å². The minimum Gasteiger partial charge on any atom is -0.455 e. The Labute approximate surface area is 396 Å². The summed E-state index contributed by atoms with van der Waals surface area (Å²) >= 11 is 0. The summed E-state index contributed by atoms with van der Waals surface area (Å²) in [5.41, 5.74) is 15.8. The van der Waals surface area contributed by atoms with E-state index >= 15 is 0 Å². The largest absolute Gasteiger partial charge is 0.455 e. The zero-order chi connectivity index (χ0) is 45.4. The van der Waals surface area contributed by atoms with E-state index in [1.54, 1.807) is 0 Å². The molecule has 14 rings (SSSR count). The molecule has 0 unspecified atom stereocenters. The van der Waals surface area contributed by atoms with E-state index in [2.05, 4.69) is 193 Å². The first-order valence-corrected chi connectivity index (χ1v) is 23.2. The minimum absolute atomic E-state index is 0.540. The molecule has 4 aromatic heterocycles. The van der Waals surface area contributed by atoms with E-state index < -0.39 is 0 Å². The Kier molecular flexibility index (Phi) is 8.79. The van der Waals surface area contributed by atoms with Crippen molar-refractivity contribution in [2.75, 3.05) is 0 Å². The zero-order valence-electron chi connectivity index (χ0n) is 37.0. The summed E-state index contributed by atoms with van der Waals surface area (Å²) in [4.78, 5) is 15.2. The maximum absolute atomic E-state index is 6.90. The number of nitrogens with zero attached hydrogens (tertiary/aromatic N) is 4. The molecule has 6 heteroatoms. The molecule has 0 atom stereocenters. The van der Waals surface area contributed by atoms with Crippen molar-refractivity contribution < 1.29 is 8.83 Å². The van der Waals surface area contributed by atoms with E-state index in [9.17, 15) is 0 Å². The van der Waals surface area contributed by atoms with E-state index in [4.69, 9.17) is 23.8 Å². The molecule has 14 aromatic rings. The SMILES string of the molecule is c1ccc(-c2ccc(-c3nc(-c4ccccc4)nc(-c4cccc5c4oc4ccc(-c6cccc7c6oc6cccc(-n8c9ccccc9c9cc(-c%10ccccc%10)ccc98)c67)cc45)n3)cc2)cc1. The van der Waals surface area contributed by atoms with Gasteiger partial charge in [-0.1, -0.05) is 182 Å². The van der Waals surface area contributed by atoms with Crippen LogP contribution < -0.4 is 0 Å². The molecule has 0 aliphatic rings. The first-order chi connectivity index (χ1) is 34.2. The second-order valence-corrected chi connectivity index (χ2v) is 17.5. The summed E-state index contributed by atoms with van der Waals surface area (Å²) in [6.07, 6.45) is 0. The van der Waals surface area contributed by atoms with Gasteiger partial charge in [-0.2, -0.15) is 0 Å². The Bertz CT molecular complexity index is 4290. The second-order valence-electron chi connectivity index (χ2n) is 17.5. The van der Waals surface area contributed by atoms with Crippen molar-refractivity contribution >= 4 is 65.7 Å². The molecule has 4 heterocycles. The molecule has 0 fully saturated rings. The van der Waals surface area contributed by atoms with E-state index in [0.717, 1.165) is 94.0 Å². The topological polar surface area (TPSA) is 69.9 Å². The van der Waals surface area contributed by atoms with Crippen LogP contribution in [0.2, 0.25) is 0 Å². The average molecular weight is 883 g/mol. The molecule has 0 aliphatic carbocycles. The number of rotatable bonds is 7. The predicted molar refractivity (Wildman–Crippen MR) is 281 cm³/mol. The van der Waals surface area contributed by atoms with E-state index in [1.165, 1.54) is 21.9 Å². The fraction of sp³-hybridized carbons (Fsp3) is 0. The van der Waals surface area contributed by atoms with Crippen LogP contribution in [0.4, 0.5) is 0 Å². The molecule has 322 valence electrons. The fourth-order valence-corrected chi connectivity index (χ4v) is 10.2. The first kappa shape index (κ1) is 38.8. The minimum atomic E-state index is 0.540. The molecule has 0 spiro atoms. The van der Waals surface area contributed by atoms with Crippen molar-refractivity contribution in [2.45, 2.75) is 0 Å². The van der Waals surface area contributed by atoms with Gasteiger partial charge in [-0.05, 0) is 76.3 Å². The Morgan fingerprint density at radius 2 is 0.797 bits per heavy atom. The highest BCUT2D eigenvalue weighted by Crippen LogP contribution is 2.44. The lowest BCUT2D eigenvalue weighted by Crippen LogP contribution is -2.00. The molecule has 0 bridgehead atoms. The highest BCUT2D eigenvalue weighted by molar-refractivity contribution is 6.17. The first-order valence-electron chi connectivity index (χ1n) is 23.2. The van der Waals surface area contributed by atoms with Crippen LogP contribution in [-0.2, 0) is 0 Å². The van der Waals surface area contributed by atoms with Gasteiger partial charge in [0.2, 0.25) is 0 Å². The molecule has 0 N–H and O–H groups in total. The van der Waals surface area contributed by atoms with Gasteiger partial charge in [0.05, 0.1) is 27.7 Å². The number of aromatic nitrogens is 4. The maximum atomic E-state index is 6.90. The summed E-state index contributed by atoms with van der Waals surface area (Å²) in [5.74, 6) is 1.72. The number of benzene rings is 10. The Morgan fingerprint density at radius 1 is 0.290 bits per heavy atom. The predicted octanol–water partition coefficient (Wildman–Crippen LogP) is 16.8. The summed E-state index contributed by atoms with van der Waals surface area (Å²) in [7, 11) is 0. The third-order valence-electron chi connectivity index (χ3n) is 13.5. The third-order valence-corrected chi connectivity index (χ3v) is 13.5. The van der Waals surface area contributed by atoms with Gasteiger partial charge in [-0.3, -0.25) is 0 Å².